The number of ether oxygens (including phenoxy) is 2. The van der Waals surface area contributed by atoms with E-state index >= 15 is 0 Å². The van der Waals surface area contributed by atoms with Gasteiger partial charge in [-0.1, -0.05) is 49.6 Å². The number of hydrogen-bond donors (Lipinski definition) is 1. The molecule has 0 spiro atoms. The summed E-state index contributed by atoms with van der Waals surface area (Å²) in [6, 6.07) is 11.2. The van der Waals surface area contributed by atoms with Crippen LogP contribution >= 0.6 is 27.5 Å². The number of hydrazone groups is 1. The lowest BCUT2D eigenvalue weighted by Crippen LogP contribution is -2.22. The monoisotopic (exact) mass is 504 g/mol. The van der Waals surface area contributed by atoms with E-state index in [2.05, 4.69) is 33.4 Å². The van der Waals surface area contributed by atoms with Gasteiger partial charge in [-0.05, 0) is 63.9 Å². The van der Waals surface area contributed by atoms with Crippen LogP contribution in [-0.2, 0) is 11.4 Å². The van der Waals surface area contributed by atoms with Gasteiger partial charge in [-0.3, -0.25) is 4.79 Å². The van der Waals surface area contributed by atoms with Crippen molar-refractivity contribution in [2.24, 2.45) is 22.4 Å². The van der Waals surface area contributed by atoms with E-state index in [0.717, 1.165) is 28.4 Å². The van der Waals surface area contributed by atoms with Crippen LogP contribution in [0.3, 0.4) is 0 Å². The van der Waals surface area contributed by atoms with Crippen molar-refractivity contribution in [3.05, 3.63) is 57.0 Å². The maximum atomic E-state index is 12.6. The first kappa shape index (κ1) is 22.2. The van der Waals surface area contributed by atoms with Gasteiger partial charge < -0.3 is 9.47 Å². The predicted octanol–water partition coefficient (Wildman–Crippen LogP) is 5.97. The Labute approximate surface area is 196 Å². The molecular formula is C24H26BrClN2O3. The van der Waals surface area contributed by atoms with E-state index in [1.165, 1.54) is 12.8 Å². The topological polar surface area (TPSA) is 59.9 Å². The van der Waals surface area contributed by atoms with Gasteiger partial charge >= 0.3 is 0 Å². The van der Waals surface area contributed by atoms with Gasteiger partial charge in [0.05, 0.1) is 17.8 Å². The third-order valence-electron chi connectivity index (χ3n) is 6.58. The molecule has 2 aliphatic rings. The van der Waals surface area contributed by atoms with E-state index in [1.807, 2.05) is 36.4 Å². The molecule has 1 N–H and O–H groups in total. The van der Waals surface area contributed by atoms with Gasteiger partial charge in [0.25, 0.3) is 0 Å². The molecule has 0 bridgehead atoms. The summed E-state index contributed by atoms with van der Waals surface area (Å²) in [6.07, 6.45) is 6.36. The average Bonchev–Trinajstić information content (AvgIpc) is 3.39. The van der Waals surface area contributed by atoms with Crippen LogP contribution in [0.15, 0.2) is 46.0 Å². The Balaban J connectivity index is 1.40. The Morgan fingerprint density at radius 2 is 2.16 bits per heavy atom. The van der Waals surface area contributed by atoms with Gasteiger partial charge in [-0.25, -0.2) is 5.43 Å². The fourth-order valence-corrected chi connectivity index (χ4v) is 5.57. The highest BCUT2D eigenvalue weighted by molar-refractivity contribution is 9.10. The number of carbonyl (C=O) groups is 1. The van der Waals surface area contributed by atoms with E-state index in [4.69, 9.17) is 21.1 Å². The third kappa shape index (κ3) is 4.60. The third-order valence-corrected chi connectivity index (χ3v) is 7.54. The zero-order chi connectivity index (χ0) is 22.0. The molecule has 1 amide bonds. The quantitative estimate of drug-likeness (QED) is 0.373. The number of nitrogens with zero attached hydrogens (tertiary/aromatic N) is 1. The number of fused-ring (bicyclic) bond motifs is 1. The first-order valence-electron chi connectivity index (χ1n) is 10.5. The van der Waals surface area contributed by atoms with Crippen LogP contribution in [0.1, 0.15) is 43.7 Å². The maximum Gasteiger partial charge on any atom is 0.244 e. The molecule has 3 atom stereocenters. The van der Waals surface area contributed by atoms with Crippen molar-refractivity contribution < 1.29 is 14.3 Å². The number of nitrogens with one attached hydrogen (secondary N) is 1. The SMILES string of the molecule is COc1cc(/C=N\NC(=O)[C@@H]2[C@@H]3CCCC[C@@]23C)cc(Br)c1OCc1ccccc1Cl. The molecule has 4 rings (SSSR count). The number of rotatable bonds is 7. The number of amides is 1. The molecule has 31 heavy (non-hydrogen) atoms. The lowest BCUT2D eigenvalue weighted by Gasteiger charge is -2.15. The predicted molar refractivity (Wildman–Crippen MR) is 126 cm³/mol. The van der Waals surface area contributed by atoms with Crippen molar-refractivity contribution in [3.63, 3.8) is 0 Å². The number of methoxy groups -OCH3 is 1. The Bertz CT molecular complexity index is 1010. The summed E-state index contributed by atoms with van der Waals surface area (Å²) >= 11 is 9.76. The summed E-state index contributed by atoms with van der Waals surface area (Å²) in [5.41, 5.74) is 4.57. The molecule has 2 aromatic rings. The number of carbonyl (C=O) groups excluding carboxylic acids is 1. The molecule has 0 unspecified atom stereocenters. The molecule has 0 saturated heterocycles. The molecule has 0 heterocycles. The summed E-state index contributed by atoms with van der Waals surface area (Å²) in [4.78, 5) is 12.6. The van der Waals surface area contributed by atoms with Gasteiger partial charge in [-0.15, -0.1) is 0 Å². The summed E-state index contributed by atoms with van der Waals surface area (Å²) in [7, 11) is 1.59. The Hall–Kier alpha value is -2.05. The minimum atomic E-state index is 0.0244. The van der Waals surface area contributed by atoms with E-state index in [-0.39, 0.29) is 17.2 Å². The van der Waals surface area contributed by atoms with Gasteiger partial charge in [0.2, 0.25) is 5.91 Å². The lowest BCUT2D eigenvalue weighted by atomic mass is 9.90. The standard InChI is InChI=1S/C24H26BrClN2O3/c1-24-10-6-5-8-17(24)21(24)23(29)28-27-13-15-11-18(25)22(20(12-15)30-2)31-14-16-7-3-4-9-19(16)26/h3-4,7,9,11-13,17,21H,5-6,8,10,14H2,1-2H3,(H,28,29)/b27-13-/t17-,21-,24+/m0/s1. The number of benzene rings is 2. The molecule has 164 valence electrons. The second-order valence-electron chi connectivity index (χ2n) is 8.48. The van der Waals surface area contributed by atoms with Crippen molar-refractivity contribution in [1.29, 1.82) is 0 Å². The van der Waals surface area contributed by atoms with Crippen LogP contribution in [-0.4, -0.2) is 19.2 Å². The van der Waals surface area contributed by atoms with Crippen molar-refractivity contribution in [2.75, 3.05) is 7.11 Å². The second-order valence-corrected chi connectivity index (χ2v) is 9.75. The van der Waals surface area contributed by atoms with Crippen LogP contribution in [0.2, 0.25) is 5.02 Å². The number of halogens is 2. The van der Waals surface area contributed by atoms with Crippen molar-refractivity contribution in [1.82, 2.24) is 5.43 Å². The van der Waals surface area contributed by atoms with Crippen LogP contribution in [0.5, 0.6) is 11.5 Å². The van der Waals surface area contributed by atoms with Gasteiger partial charge in [0, 0.05) is 16.5 Å². The fraction of sp³-hybridized carbons (Fsp3) is 0.417. The van der Waals surface area contributed by atoms with Crippen molar-refractivity contribution in [3.8, 4) is 11.5 Å². The Kier molecular flexibility index (Phi) is 6.58. The average molecular weight is 506 g/mol. The highest BCUT2D eigenvalue weighted by atomic mass is 79.9. The zero-order valence-electron chi connectivity index (χ0n) is 17.7. The lowest BCUT2D eigenvalue weighted by molar-refractivity contribution is -0.123. The first-order chi connectivity index (χ1) is 14.9. The van der Waals surface area contributed by atoms with E-state index in [9.17, 15) is 4.79 Å². The first-order valence-corrected chi connectivity index (χ1v) is 11.7. The minimum absolute atomic E-state index is 0.0244. The molecule has 7 heteroatoms. The van der Waals surface area contributed by atoms with Gasteiger partial charge in [0.1, 0.15) is 6.61 Å². The molecule has 2 fully saturated rings. The molecule has 0 aliphatic heterocycles. The molecule has 0 radical (unpaired) electrons. The van der Waals surface area contributed by atoms with Crippen LogP contribution in [0.25, 0.3) is 0 Å². The highest BCUT2D eigenvalue weighted by Crippen LogP contribution is 2.66. The van der Waals surface area contributed by atoms with E-state index < -0.39 is 0 Å². The molecule has 2 aliphatic carbocycles. The molecular weight excluding hydrogens is 480 g/mol. The number of hydrogen-bond acceptors (Lipinski definition) is 4. The normalized spacial score (nSPS) is 24.5. The molecule has 2 saturated carbocycles. The molecule has 2 aromatic carbocycles. The Morgan fingerprint density at radius 1 is 1.35 bits per heavy atom. The van der Waals surface area contributed by atoms with Crippen LogP contribution < -0.4 is 14.9 Å². The summed E-state index contributed by atoms with van der Waals surface area (Å²) in [6.45, 7) is 2.55. The van der Waals surface area contributed by atoms with Crippen LogP contribution in [0.4, 0.5) is 0 Å². The van der Waals surface area contributed by atoms with E-state index in [1.54, 1.807) is 13.3 Å². The smallest absolute Gasteiger partial charge is 0.244 e. The highest BCUT2D eigenvalue weighted by Gasteiger charge is 2.64. The van der Waals surface area contributed by atoms with Gasteiger partial charge in [0.15, 0.2) is 11.5 Å². The minimum Gasteiger partial charge on any atom is -0.493 e. The summed E-state index contributed by atoms with van der Waals surface area (Å²) in [5.74, 6) is 1.78. The zero-order valence-corrected chi connectivity index (χ0v) is 20.0. The summed E-state index contributed by atoms with van der Waals surface area (Å²) in [5, 5.41) is 4.84. The van der Waals surface area contributed by atoms with Crippen molar-refractivity contribution >= 4 is 39.7 Å². The van der Waals surface area contributed by atoms with Gasteiger partial charge in [-0.2, -0.15) is 5.10 Å². The van der Waals surface area contributed by atoms with Crippen LogP contribution in [0, 0.1) is 17.3 Å². The maximum absolute atomic E-state index is 12.6. The Morgan fingerprint density at radius 3 is 2.87 bits per heavy atom. The van der Waals surface area contributed by atoms with E-state index in [0.29, 0.717) is 29.0 Å². The fourth-order valence-electron chi connectivity index (χ4n) is 4.81. The second kappa shape index (κ2) is 9.21. The van der Waals surface area contributed by atoms with Crippen molar-refractivity contribution in [2.45, 2.75) is 39.2 Å². The molecule has 0 aromatic heterocycles. The summed E-state index contributed by atoms with van der Waals surface area (Å²) < 4.78 is 12.2. The molecule has 5 nitrogen and oxygen atoms in total. The largest absolute Gasteiger partial charge is 0.493 e.